The van der Waals surface area contributed by atoms with Crippen LogP contribution in [-0.2, 0) is 6.54 Å². The van der Waals surface area contributed by atoms with E-state index >= 15 is 0 Å². The number of hydrogen-bond donors (Lipinski definition) is 2. The van der Waals surface area contributed by atoms with Crippen LogP contribution in [0.3, 0.4) is 0 Å². The van der Waals surface area contributed by atoms with Gasteiger partial charge in [-0.3, -0.25) is 0 Å². The molecule has 0 aliphatic heterocycles. The van der Waals surface area contributed by atoms with Crippen LogP contribution >= 0.6 is 15.9 Å². The molecule has 3 N–H and O–H groups in total. The van der Waals surface area contributed by atoms with Crippen LogP contribution in [0.1, 0.15) is 5.56 Å². The molecule has 0 spiro atoms. The van der Waals surface area contributed by atoms with E-state index in [4.69, 9.17) is 10.4 Å². The molecule has 0 bridgehead atoms. The molecule has 0 aliphatic rings. The van der Waals surface area contributed by atoms with Gasteiger partial charge < -0.3 is 11.1 Å². The average Bonchev–Trinajstić information content (AvgIpc) is 2.88. The van der Waals surface area contributed by atoms with Crippen molar-refractivity contribution in [2.75, 3.05) is 11.1 Å². The fourth-order valence-corrected chi connectivity index (χ4v) is 2.32. The van der Waals surface area contributed by atoms with Crippen molar-refractivity contribution in [2.45, 2.75) is 6.54 Å². The maximum absolute atomic E-state index is 5.80. The van der Waals surface area contributed by atoms with E-state index in [0.717, 1.165) is 15.7 Å². The molecule has 0 saturated carbocycles. The summed E-state index contributed by atoms with van der Waals surface area (Å²) in [5, 5.41) is 11.0. The zero-order chi connectivity index (χ0) is 13.2. The number of nitrogen functional groups attached to an aromatic ring is 1. The minimum atomic E-state index is 0.559. The maximum Gasteiger partial charge on any atom is 0.160 e. The molecule has 0 atom stereocenters. The van der Waals surface area contributed by atoms with Gasteiger partial charge in [0.1, 0.15) is 0 Å². The fourth-order valence-electron chi connectivity index (χ4n) is 1.87. The van der Waals surface area contributed by atoms with Crippen molar-refractivity contribution in [3.05, 3.63) is 46.4 Å². The number of nitrogens with two attached hydrogens (primary N) is 1. The Morgan fingerprint density at radius 2 is 2.00 bits per heavy atom. The van der Waals surface area contributed by atoms with Crippen LogP contribution in [0.15, 0.2) is 45.5 Å². The van der Waals surface area contributed by atoms with Crippen LogP contribution in [-0.4, -0.2) is 10.3 Å². The molecule has 1 heterocycles. The summed E-state index contributed by atoms with van der Waals surface area (Å²) in [7, 11) is 0. The molecule has 5 nitrogen and oxygen atoms in total. The van der Waals surface area contributed by atoms with E-state index in [2.05, 4.69) is 37.6 Å². The highest BCUT2D eigenvalue weighted by Crippen LogP contribution is 2.25. The predicted octanol–water partition coefficient (Wildman–Crippen LogP) is 3.18. The molecule has 0 fully saturated rings. The van der Waals surface area contributed by atoms with E-state index in [1.54, 1.807) is 6.07 Å². The standard InChI is InChI=1S/C13H11BrN4O/c14-9-3-1-2-8(6-9)7-16-11-5-4-10(15)12-13(11)18-19-17-12/h1-6,16H,7,15H2. The summed E-state index contributed by atoms with van der Waals surface area (Å²) in [5.41, 5.74) is 9.61. The summed E-state index contributed by atoms with van der Waals surface area (Å²) >= 11 is 3.45. The summed E-state index contributed by atoms with van der Waals surface area (Å²) in [5.74, 6) is 0. The lowest BCUT2D eigenvalue weighted by Gasteiger charge is -2.07. The molecule has 3 aromatic rings. The molecule has 19 heavy (non-hydrogen) atoms. The minimum Gasteiger partial charge on any atom is -0.397 e. The van der Waals surface area contributed by atoms with E-state index in [1.165, 1.54) is 0 Å². The second-order valence-electron chi connectivity index (χ2n) is 4.15. The topological polar surface area (TPSA) is 77.0 Å². The molecular formula is C13H11BrN4O. The highest BCUT2D eigenvalue weighted by Gasteiger charge is 2.09. The van der Waals surface area contributed by atoms with E-state index < -0.39 is 0 Å². The summed E-state index contributed by atoms with van der Waals surface area (Å²) in [4.78, 5) is 0. The summed E-state index contributed by atoms with van der Waals surface area (Å²) in [6.45, 7) is 0.686. The Morgan fingerprint density at radius 3 is 2.84 bits per heavy atom. The first-order valence-electron chi connectivity index (χ1n) is 5.73. The van der Waals surface area contributed by atoms with Crippen LogP contribution in [0, 0.1) is 0 Å². The Kier molecular flexibility index (Phi) is 3.08. The third-order valence-corrected chi connectivity index (χ3v) is 3.31. The SMILES string of the molecule is Nc1ccc(NCc2cccc(Br)c2)c2nonc12. The molecule has 96 valence electrons. The number of benzene rings is 2. The average molecular weight is 319 g/mol. The first kappa shape index (κ1) is 12.0. The number of hydrogen-bond acceptors (Lipinski definition) is 5. The van der Waals surface area contributed by atoms with Crippen molar-refractivity contribution in [3.8, 4) is 0 Å². The third-order valence-electron chi connectivity index (χ3n) is 2.82. The first-order chi connectivity index (χ1) is 9.24. The summed E-state index contributed by atoms with van der Waals surface area (Å²) < 4.78 is 5.78. The molecule has 6 heteroatoms. The number of anilines is 2. The van der Waals surface area contributed by atoms with Gasteiger partial charge in [0.2, 0.25) is 0 Å². The van der Waals surface area contributed by atoms with Gasteiger partial charge in [-0.2, -0.15) is 0 Å². The van der Waals surface area contributed by atoms with E-state index in [1.807, 2.05) is 24.3 Å². The summed E-state index contributed by atoms with van der Waals surface area (Å²) in [6, 6.07) is 11.8. The predicted molar refractivity (Wildman–Crippen MR) is 77.7 cm³/mol. The van der Waals surface area contributed by atoms with Gasteiger partial charge >= 0.3 is 0 Å². The van der Waals surface area contributed by atoms with Gasteiger partial charge in [-0.25, -0.2) is 4.63 Å². The molecule has 2 aromatic carbocycles. The maximum atomic E-state index is 5.80. The quantitative estimate of drug-likeness (QED) is 0.725. The van der Waals surface area contributed by atoms with Crippen molar-refractivity contribution in [1.29, 1.82) is 0 Å². The number of rotatable bonds is 3. The minimum absolute atomic E-state index is 0.559. The molecule has 0 unspecified atom stereocenters. The van der Waals surface area contributed by atoms with Crippen LogP contribution < -0.4 is 11.1 Å². The highest BCUT2D eigenvalue weighted by atomic mass is 79.9. The second-order valence-corrected chi connectivity index (χ2v) is 5.06. The second kappa shape index (κ2) is 4.89. The van der Waals surface area contributed by atoms with Gasteiger partial charge in [-0.15, -0.1) is 0 Å². The van der Waals surface area contributed by atoms with Gasteiger partial charge in [-0.1, -0.05) is 28.1 Å². The molecule has 0 saturated heterocycles. The lowest BCUT2D eigenvalue weighted by atomic mass is 10.2. The molecular weight excluding hydrogens is 308 g/mol. The first-order valence-corrected chi connectivity index (χ1v) is 6.52. The van der Waals surface area contributed by atoms with Crippen molar-refractivity contribution in [1.82, 2.24) is 10.3 Å². The zero-order valence-electron chi connectivity index (χ0n) is 9.93. The number of fused-ring (bicyclic) bond motifs is 1. The lowest BCUT2D eigenvalue weighted by molar-refractivity contribution is 0.316. The van der Waals surface area contributed by atoms with Crippen LogP contribution in [0.25, 0.3) is 11.0 Å². The molecule has 1 aromatic heterocycles. The van der Waals surface area contributed by atoms with Crippen LogP contribution in [0.4, 0.5) is 11.4 Å². The lowest BCUT2D eigenvalue weighted by Crippen LogP contribution is -2.00. The van der Waals surface area contributed by atoms with Crippen molar-refractivity contribution >= 4 is 38.3 Å². The van der Waals surface area contributed by atoms with Crippen LogP contribution in [0.5, 0.6) is 0 Å². The van der Waals surface area contributed by atoms with Crippen LogP contribution in [0.2, 0.25) is 0 Å². The molecule has 3 rings (SSSR count). The number of aromatic nitrogens is 2. The molecule has 0 aliphatic carbocycles. The number of nitrogens with one attached hydrogen (secondary N) is 1. The Balaban J connectivity index is 1.86. The Labute approximate surface area is 117 Å². The van der Waals surface area contributed by atoms with E-state index in [9.17, 15) is 0 Å². The van der Waals surface area contributed by atoms with Gasteiger partial charge in [0.05, 0.1) is 11.4 Å². The monoisotopic (exact) mass is 318 g/mol. The Morgan fingerprint density at radius 1 is 1.16 bits per heavy atom. The summed E-state index contributed by atoms with van der Waals surface area (Å²) in [6.07, 6.45) is 0. The van der Waals surface area contributed by atoms with E-state index in [-0.39, 0.29) is 0 Å². The molecule has 0 radical (unpaired) electrons. The Hall–Kier alpha value is -2.08. The van der Waals surface area contributed by atoms with Gasteiger partial charge in [0.15, 0.2) is 11.0 Å². The molecule has 0 amide bonds. The van der Waals surface area contributed by atoms with Crippen molar-refractivity contribution in [3.63, 3.8) is 0 Å². The number of halogens is 1. The Bertz CT molecular complexity index is 725. The van der Waals surface area contributed by atoms with Crippen molar-refractivity contribution in [2.24, 2.45) is 0 Å². The van der Waals surface area contributed by atoms with Crippen molar-refractivity contribution < 1.29 is 4.63 Å². The fraction of sp³-hybridized carbons (Fsp3) is 0.0769. The van der Waals surface area contributed by atoms with E-state index in [0.29, 0.717) is 23.3 Å². The van der Waals surface area contributed by atoms with Gasteiger partial charge in [0.25, 0.3) is 0 Å². The number of nitrogens with zero attached hydrogens (tertiary/aromatic N) is 2. The third kappa shape index (κ3) is 2.39. The largest absolute Gasteiger partial charge is 0.397 e. The zero-order valence-corrected chi connectivity index (χ0v) is 11.5. The van der Waals surface area contributed by atoms with Gasteiger partial charge in [0, 0.05) is 11.0 Å². The smallest absolute Gasteiger partial charge is 0.160 e. The normalized spacial score (nSPS) is 10.8. The van der Waals surface area contributed by atoms with Gasteiger partial charge in [-0.05, 0) is 40.1 Å². The highest BCUT2D eigenvalue weighted by molar-refractivity contribution is 9.10.